The lowest BCUT2D eigenvalue weighted by Crippen LogP contribution is -2.43. The Labute approximate surface area is 150 Å². The lowest BCUT2D eigenvalue weighted by molar-refractivity contribution is -0.142. The molecule has 3 rings (SSSR count). The highest BCUT2D eigenvalue weighted by Gasteiger charge is 2.23. The molecule has 0 heterocycles. The van der Waals surface area contributed by atoms with Gasteiger partial charge in [0.2, 0.25) is 0 Å². The standard InChI is InChI=1S/C21H18FNO3/c1-26-21(25)19(23-20(24)15-9-11-17(22)12-10-15)13-16-7-4-6-14-5-2-3-8-18(14)16/h2-12,19H,13H2,1H3,(H,23,24)/t19-/m0/s1. The third kappa shape index (κ3) is 3.88. The van der Waals surface area contributed by atoms with Crippen molar-refractivity contribution in [1.82, 2.24) is 5.32 Å². The van der Waals surface area contributed by atoms with E-state index in [-0.39, 0.29) is 5.56 Å². The number of fused-ring (bicyclic) bond motifs is 1. The van der Waals surface area contributed by atoms with Gasteiger partial charge < -0.3 is 10.1 Å². The van der Waals surface area contributed by atoms with E-state index in [1.54, 1.807) is 0 Å². The first-order chi connectivity index (χ1) is 12.6. The van der Waals surface area contributed by atoms with Gasteiger partial charge in [0.05, 0.1) is 7.11 Å². The quantitative estimate of drug-likeness (QED) is 0.716. The van der Waals surface area contributed by atoms with E-state index in [4.69, 9.17) is 4.74 Å². The van der Waals surface area contributed by atoms with Crippen molar-refractivity contribution in [2.45, 2.75) is 12.5 Å². The van der Waals surface area contributed by atoms with Gasteiger partial charge in [0.15, 0.2) is 0 Å². The topological polar surface area (TPSA) is 55.4 Å². The Morgan fingerprint density at radius 1 is 1.00 bits per heavy atom. The van der Waals surface area contributed by atoms with Gasteiger partial charge in [-0.15, -0.1) is 0 Å². The van der Waals surface area contributed by atoms with E-state index in [0.717, 1.165) is 16.3 Å². The summed E-state index contributed by atoms with van der Waals surface area (Å²) in [5.41, 5.74) is 1.20. The second-order valence-corrected chi connectivity index (χ2v) is 5.90. The summed E-state index contributed by atoms with van der Waals surface area (Å²) in [7, 11) is 1.28. The van der Waals surface area contributed by atoms with Crippen LogP contribution >= 0.6 is 0 Å². The predicted molar refractivity (Wildman–Crippen MR) is 97.3 cm³/mol. The van der Waals surface area contributed by atoms with Gasteiger partial charge in [-0.05, 0) is 40.6 Å². The van der Waals surface area contributed by atoms with Crippen LogP contribution in [0, 0.1) is 5.82 Å². The number of hydrogen-bond acceptors (Lipinski definition) is 3. The second-order valence-electron chi connectivity index (χ2n) is 5.90. The summed E-state index contributed by atoms with van der Waals surface area (Å²) >= 11 is 0. The molecule has 1 amide bonds. The Bertz CT molecular complexity index is 932. The highest BCUT2D eigenvalue weighted by atomic mass is 19.1. The fourth-order valence-electron chi connectivity index (χ4n) is 2.87. The van der Waals surface area contributed by atoms with Crippen molar-refractivity contribution in [3.8, 4) is 0 Å². The number of rotatable bonds is 5. The molecule has 0 bridgehead atoms. The minimum absolute atomic E-state index is 0.276. The van der Waals surface area contributed by atoms with Gasteiger partial charge in [0, 0.05) is 12.0 Å². The van der Waals surface area contributed by atoms with Crippen LogP contribution < -0.4 is 5.32 Å². The van der Waals surface area contributed by atoms with Gasteiger partial charge in [0.25, 0.3) is 5.91 Å². The van der Waals surface area contributed by atoms with Crippen LogP contribution in [0.25, 0.3) is 10.8 Å². The lowest BCUT2D eigenvalue weighted by atomic mass is 9.98. The maximum Gasteiger partial charge on any atom is 0.328 e. The fourth-order valence-corrected chi connectivity index (χ4v) is 2.87. The van der Waals surface area contributed by atoms with Crippen LogP contribution in [-0.2, 0) is 16.0 Å². The number of amides is 1. The molecule has 0 radical (unpaired) electrons. The summed E-state index contributed by atoms with van der Waals surface area (Å²) in [6.07, 6.45) is 0.293. The zero-order valence-electron chi connectivity index (χ0n) is 14.2. The normalized spacial score (nSPS) is 11.8. The number of ether oxygens (including phenoxy) is 1. The fraction of sp³-hybridized carbons (Fsp3) is 0.143. The largest absolute Gasteiger partial charge is 0.467 e. The molecular weight excluding hydrogens is 333 g/mol. The van der Waals surface area contributed by atoms with Crippen molar-refractivity contribution in [3.63, 3.8) is 0 Å². The molecule has 132 valence electrons. The molecule has 1 N–H and O–H groups in total. The summed E-state index contributed by atoms with van der Waals surface area (Å²) < 4.78 is 17.9. The summed E-state index contributed by atoms with van der Waals surface area (Å²) in [5.74, 6) is -1.42. The number of carbonyl (C=O) groups is 2. The number of carbonyl (C=O) groups excluding carboxylic acids is 2. The molecular formula is C21H18FNO3. The zero-order chi connectivity index (χ0) is 18.5. The van der Waals surface area contributed by atoms with Crippen LogP contribution in [0.4, 0.5) is 4.39 Å². The third-order valence-electron chi connectivity index (χ3n) is 4.20. The summed E-state index contributed by atoms with van der Waals surface area (Å²) in [6, 6.07) is 18.0. The van der Waals surface area contributed by atoms with Gasteiger partial charge >= 0.3 is 5.97 Å². The Morgan fingerprint density at radius 2 is 1.69 bits per heavy atom. The average molecular weight is 351 g/mol. The summed E-state index contributed by atoms with van der Waals surface area (Å²) in [6.45, 7) is 0. The zero-order valence-corrected chi connectivity index (χ0v) is 14.2. The van der Waals surface area contributed by atoms with E-state index in [0.29, 0.717) is 6.42 Å². The van der Waals surface area contributed by atoms with Crippen molar-refractivity contribution in [2.24, 2.45) is 0 Å². The Hall–Kier alpha value is -3.21. The molecule has 0 spiro atoms. The number of hydrogen-bond donors (Lipinski definition) is 1. The minimum Gasteiger partial charge on any atom is -0.467 e. The van der Waals surface area contributed by atoms with Crippen LogP contribution in [0.3, 0.4) is 0 Å². The molecule has 3 aromatic carbocycles. The highest BCUT2D eigenvalue weighted by molar-refractivity contribution is 5.97. The molecule has 0 saturated heterocycles. The van der Waals surface area contributed by atoms with Crippen LogP contribution in [0.1, 0.15) is 15.9 Å². The first kappa shape index (κ1) is 17.6. The van der Waals surface area contributed by atoms with Gasteiger partial charge in [-0.1, -0.05) is 42.5 Å². The highest BCUT2D eigenvalue weighted by Crippen LogP contribution is 2.20. The number of esters is 1. The van der Waals surface area contributed by atoms with Gasteiger partial charge in [-0.3, -0.25) is 4.79 Å². The molecule has 0 aliphatic rings. The van der Waals surface area contributed by atoms with Crippen molar-refractivity contribution in [3.05, 3.63) is 83.7 Å². The first-order valence-corrected chi connectivity index (χ1v) is 8.19. The predicted octanol–water partition coefficient (Wildman–Crippen LogP) is 3.49. The van der Waals surface area contributed by atoms with E-state index in [9.17, 15) is 14.0 Å². The SMILES string of the molecule is COC(=O)[C@H](Cc1cccc2ccccc12)NC(=O)c1ccc(F)cc1. The molecule has 26 heavy (non-hydrogen) atoms. The van der Waals surface area contributed by atoms with E-state index >= 15 is 0 Å². The van der Waals surface area contributed by atoms with Gasteiger partial charge in [-0.25, -0.2) is 9.18 Å². The van der Waals surface area contributed by atoms with Crippen molar-refractivity contribution in [2.75, 3.05) is 7.11 Å². The van der Waals surface area contributed by atoms with Crippen LogP contribution in [0.2, 0.25) is 0 Å². The molecule has 0 unspecified atom stereocenters. The lowest BCUT2D eigenvalue weighted by Gasteiger charge is -2.18. The number of benzene rings is 3. The van der Waals surface area contributed by atoms with E-state index in [1.807, 2.05) is 42.5 Å². The Balaban J connectivity index is 1.85. The van der Waals surface area contributed by atoms with Gasteiger partial charge in [-0.2, -0.15) is 0 Å². The van der Waals surface area contributed by atoms with E-state index in [1.165, 1.54) is 31.4 Å². The van der Waals surface area contributed by atoms with Crippen molar-refractivity contribution < 1.29 is 18.7 Å². The monoisotopic (exact) mass is 351 g/mol. The molecule has 0 aliphatic heterocycles. The molecule has 0 aromatic heterocycles. The minimum atomic E-state index is -0.844. The first-order valence-electron chi connectivity index (χ1n) is 8.19. The number of methoxy groups -OCH3 is 1. The smallest absolute Gasteiger partial charge is 0.328 e. The molecule has 0 fully saturated rings. The van der Waals surface area contributed by atoms with Crippen LogP contribution in [-0.4, -0.2) is 25.0 Å². The number of halogens is 1. The Morgan fingerprint density at radius 3 is 2.42 bits per heavy atom. The number of nitrogens with one attached hydrogen (secondary N) is 1. The molecule has 1 atom stereocenters. The maximum absolute atomic E-state index is 13.0. The van der Waals surface area contributed by atoms with Crippen LogP contribution in [0.15, 0.2) is 66.7 Å². The van der Waals surface area contributed by atoms with Gasteiger partial charge in [0.1, 0.15) is 11.9 Å². The third-order valence-corrected chi connectivity index (χ3v) is 4.20. The average Bonchev–Trinajstić information content (AvgIpc) is 2.67. The second kappa shape index (κ2) is 7.78. The molecule has 3 aromatic rings. The Kier molecular flexibility index (Phi) is 5.27. The maximum atomic E-state index is 13.0. The summed E-state index contributed by atoms with van der Waals surface area (Å²) in [5, 5.41) is 4.75. The van der Waals surface area contributed by atoms with E-state index < -0.39 is 23.7 Å². The van der Waals surface area contributed by atoms with Crippen molar-refractivity contribution >= 4 is 22.6 Å². The molecule has 4 nitrogen and oxygen atoms in total. The summed E-state index contributed by atoms with van der Waals surface area (Å²) in [4.78, 5) is 24.6. The van der Waals surface area contributed by atoms with Crippen molar-refractivity contribution in [1.29, 1.82) is 0 Å². The van der Waals surface area contributed by atoms with Crippen LogP contribution in [0.5, 0.6) is 0 Å². The molecule has 5 heteroatoms. The molecule has 0 saturated carbocycles. The van der Waals surface area contributed by atoms with E-state index in [2.05, 4.69) is 5.32 Å². The molecule has 0 aliphatic carbocycles.